The van der Waals surface area contributed by atoms with E-state index in [-0.39, 0.29) is 6.04 Å². The third-order valence-corrected chi connectivity index (χ3v) is 4.24. The summed E-state index contributed by atoms with van der Waals surface area (Å²) in [6.45, 7) is 4.52. The lowest BCUT2D eigenvalue weighted by Crippen LogP contribution is -2.12. The maximum Gasteiger partial charge on any atom is 0.0307 e. The van der Waals surface area contributed by atoms with Crippen molar-refractivity contribution in [2.75, 3.05) is 0 Å². The van der Waals surface area contributed by atoms with Gasteiger partial charge >= 0.3 is 0 Å². The molecule has 0 heterocycles. The summed E-state index contributed by atoms with van der Waals surface area (Å²) in [5.41, 5.74) is 7.89. The Kier molecular flexibility index (Phi) is 3.94. The van der Waals surface area contributed by atoms with Gasteiger partial charge in [0.2, 0.25) is 0 Å². The molecule has 0 radical (unpaired) electrons. The molecule has 0 saturated heterocycles. The van der Waals surface area contributed by atoms with Gasteiger partial charge in [-0.15, -0.1) is 0 Å². The van der Waals surface area contributed by atoms with Crippen LogP contribution < -0.4 is 5.73 Å². The molecule has 108 valence electrons. The summed E-state index contributed by atoms with van der Waals surface area (Å²) in [5.74, 6) is 0.692. The average Bonchev–Trinajstić information content (AvgIpc) is 2.50. The van der Waals surface area contributed by atoms with Crippen molar-refractivity contribution in [3.05, 3.63) is 60.2 Å². The lowest BCUT2D eigenvalue weighted by Gasteiger charge is -2.19. The first kappa shape index (κ1) is 14.1. The number of benzene rings is 3. The highest BCUT2D eigenvalue weighted by atomic mass is 14.6. The second-order valence-electron chi connectivity index (χ2n) is 6.31. The van der Waals surface area contributed by atoms with E-state index in [0.717, 1.165) is 6.42 Å². The first-order valence-electron chi connectivity index (χ1n) is 7.83. The second-order valence-corrected chi connectivity index (χ2v) is 6.31. The Bertz CT molecular complexity index is 704. The van der Waals surface area contributed by atoms with Crippen molar-refractivity contribution >= 4 is 21.5 Å². The third-order valence-electron chi connectivity index (χ3n) is 4.24. The predicted molar refractivity (Wildman–Crippen MR) is 92.5 cm³/mol. The molecule has 0 unspecified atom stereocenters. The molecule has 1 nitrogen and oxygen atoms in total. The smallest absolute Gasteiger partial charge is 0.0307 e. The minimum absolute atomic E-state index is 0.100. The molecule has 0 bridgehead atoms. The van der Waals surface area contributed by atoms with Crippen LogP contribution in [0.4, 0.5) is 0 Å². The fourth-order valence-electron chi connectivity index (χ4n) is 3.11. The Morgan fingerprint density at radius 3 is 1.86 bits per heavy atom. The quantitative estimate of drug-likeness (QED) is 0.632. The van der Waals surface area contributed by atoms with Crippen molar-refractivity contribution in [3.8, 4) is 0 Å². The lowest BCUT2D eigenvalue weighted by molar-refractivity contribution is 0.510. The zero-order valence-corrected chi connectivity index (χ0v) is 12.8. The highest BCUT2D eigenvalue weighted by Gasteiger charge is 2.14. The molecule has 21 heavy (non-hydrogen) atoms. The molecule has 1 atom stereocenters. The number of hydrogen-bond acceptors (Lipinski definition) is 1. The van der Waals surface area contributed by atoms with Crippen molar-refractivity contribution in [2.24, 2.45) is 11.7 Å². The molecule has 3 rings (SSSR count). The van der Waals surface area contributed by atoms with Crippen LogP contribution in [0.15, 0.2) is 54.6 Å². The molecule has 0 aliphatic carbocycles. The van der Waals surface area contributed by atoms with E-state index in [1.165, 1.54) is 33.5 Å². The van der Waals surface area contributed by atoms with Gasteiger partial charge in [0.25, 0.3) is 0 Å². The van der Waals surface area contributed by atoms with E-state index in [2.05, 4.69) is 68.4 Å². The van der Waals surface area contributed by atoms with Gasteiger partial charge in [0.05, 0.1) is 0 Å². The normalized spacial score (nSPS) is 13.1. The van der Waals surface area contributed by atoms with Crippen molar-refractivity contribution in [3.63, 3.8) is 0 Å². The molecular formula is C20H23N. The van der Waals surface area contributed by atoms with Gasteiger partial charge in [-0.2, -0.15) is 0 Å². The molecule has 0 fully saturated rings. The maximum absolute atomic E-state index is 6.58. The Morgan fingerprint density at radius 1 is 0.810 bits per heavy atom. The summed E-state index contributed by atoms with van der Waals surface area (Å²) in [7, 11) is 0. The molecule has 0 saturated carbocycles. The van der Waals surface area contributed by atoms with E-state index in [9.17, 15) is 0 Å². The van der Waals surface area contributed by atoms with Crippen LogP contribution in [0.2, 0.25) is 0 Å². The summed E-state index contributed by atoms with van der Waals surface area (Å²) in [6.07, 6.45) is 2.20. The molecule has 3 aromatic rings. The molecule has 0 amide bonds. The van der Waals surface area contributed by atoms with Crippen LogP contribution in [-0.4, -0.2) is 0 Å². The van der Waals surface area contributed by atoms with Gasteiger partial charge in [-0.25, -0.2) is 0 Å². The van der Waals surface area contributed by atoms with E-state index in [4.69, 9.17) is 5.73 Å². The van der Waals surface area contributed by atoms with Crippen LogP contribution in [0.25, 0.3) is 21.5 Å². The van der Waals surface area contributed by atoms with E-state index in [1.807, 2.05) is 0 Å². The van der Waals surface area contributed by atoms with Gasteiger partial charge in [-0.1, -0.05) is 62.4 Å². The minimum Gasteiger partial charge on any atom is -0.324 e. The first-order chi connectivity index (χ1) is 10.2. The van der Waals surface area contributed by atoms with Crippen molar-refractivity contribution in [1.82, 2.24) is 0 Å². The van der Waals surface area contributed by atoms with Gasteiger partial charge in [-0.3, -0.25) is 0 Å². The average molecular weight is 277 g/mol. The van der Waals surface area contributed by atoms with Gasteiger partial charge in [-0.05, 0) is 51.9 Å². The molecule has 0 aromatic heterocycles. The monoisotopic (exact) mass is 277 g/mol. The van der Waals surface area contributed by atoms with Crippen LogP contribution in [0, 0.1) is 5.92 Å². The number of hydrogen-bond donors (Lipinski definition) is 1. The summed E-state index contributed by atoms with van der Waals surface area (Å²) in [5, 5.41) is 5.16. The fourth-order valence-corrected chi connectivity index (χ4v) is 3.11. The molecule has 1 heteroatoms. The highest BCUT2D eigenvalue weighted by molar-refractivity contribution is 6.02. The number of nitrogens with two attached hydrogens (primary N) is 1. The van der Waals surface area contributed by atoms with Gasteiger partial charge in [0, 0.05) is 6.04 Å². The van der Waals surface area contributed by atoms with E-state index < -0.39 is 0 Å². The summed E-state index contributed by atoms with van der Waals surface area (Å²) < 4.78 is 0. The summed E-state index contributed by atoms with van der Waals surface area (Å²) >= 11 is 0. The van der Waals surface area contributed by atoms with Crippen LogP contribution in [0.5, 0.6) is 0 Å². The summed E-state index contributed by atoms with van der Waals surface area (Å²) in [4.78, 5) is 0. The zero-order valence-electron chi connectivity index (χ0n) is 12.8. The van der Waals surface area contributed by atoms with Crippen LogP contribution >= 0.6 is 0 Å². The third kappa shape index (κ3) is 2.79. The molecular weight excluding hydrogens is 254 g/mol. The number of fused-ring (bicyclic) bond motifs is 2. The lowest BCUT2D eigenvalue weighted by atomic mass is 9.89. The van der Waals surface area contributed by atoms with Gasteiger partial charge in [0.15, 0.2) is 0 Å². The van der Waals surface area contributed by atoms with Gasteiger partial charge < -0.3 is 5.73 Å². The predicted octanol–water partition coefficient (Wildman–Crippen LogP) is 5.43. The zero-order chi connectivity index (χ0) is 14.8. The second kappa shape index (κ2) is 5.87. The first-order valence-corrected chi connectivity index (χ1v) is 7.83. The Hall–Kier alpha value is -1.86. The van der Waals surface area contributed by atoms with E-state index >= 15 is 0 Å². The fraction of sp³-hybridized carbons (Fsp3) is 0.300. The topological polar surface area (TPSA) is 26.0 Å². The SMILES string of the molecule is CC(C)CC[C@@H](N)c1c2ccccc2cc2ccccc12. The molecule has 0 aliphatic heterocycles. The van der Waals surface area contributed by atoms with Crippen LogP contribution in [-0.2, 0) is 0 Å². The molecule has 3 aromatic carbocycles. The van der Waals surface area contributed by atoms with Crippen molar-refractivity contribution in [1.29, 1.82) is 0 Å². The van der Waals surface area contributed by atoms with E-state index in [1.54, 1.807) is 0 Å². The largest absolute Gasteiger partial charge is 0.324 e. The molecule has 2 N–H and O–H groups in total. The number of rotatable bonds is 4. The van der Waals surface area contributed by atoms with E-state index in [0.29, 0.717) is 5.92 Å². The maximum atomic E-state index is 6.58. The van der Waals surface area contributed by atoms with Gasteiger partial charge in [0.1, 0.15) is 0 Å². The Balaban J connectivity index is 2.20. The molecule has 0 aliphatic rings. The highest BCUT2D eigenvalue weighted by Crippen LogP contribution is 2.33. The summed E-state index contributed by atoms with van der Waals surface area (Å²) in [6, 6.07) is 19.5. The molecule has 0 spiro atoms. The minimum atomic E-state index is 0.100. The van der Waals surface area contributed by atoms with Crippen LogP contribution in [0.3, 0.4) is 0 Å². The van der Waals surface area contributed by atoms with Crippen molar-refractivity contribution < 1.29 is 0 Å². The standard InChI is InChI=1S/C20H23N/c1-14(2)11-12-19(21)20-17-9-5-3-7-15(17)13-16-8-4-6-10-18(16)20/h3-10,13-14,19H,11-12,21H2,1-2H3/t19-/m1/s1. The Labute approximate surface area is 126 Å². The Morgan fingerprint density at radius 2 is 1.33 bits per heavy atom. The van der Waals surface area contributed by atoms with Crippen molar-refractivity contribution in [2.45, 2.75) is 32.7 Å². The van der Waals surface area contributed by atoms with Crippen LogP contribution in [0.1, 0.15) is 38.3 Å².